The lowest BCUT2D eigenvalue weighted by molar-refractivity contribution is -0.125. The number of nitrogens with one attached hydrogen (secondary N) is 5. The van der Waals surface area contributed by atoms with Gasteiger partial charge in [-0.25, -0.2) is 4.39 Å². The monoisotopic (exact) mass is 714 g/mol. The van der Waals surface area contributed by atoms with Crippen molar-refractivity contribution >= 4 is 59.5 Å². The van der Waals surface area contributed by atoms with Gasteiger partial charge in [0.1, 0.15) is 5.82 Å². The minimum absolute atomic E-state index is 0.0249. The van der Waals surface area contributed by atoms with Crippen molar-refractivity contribution in [1.82, 2.24) is 20.5 Å². The molecule has 1 aromatic heterocycles. The van der Waals surface area contributed by atoms with Crippen molar-refractivity contribution in [3.05, 3.63) is 81.4 Å². The summed E-state index contributed by atoms with van der Waals surface area (Å²) >= 11 is 0. The first kappa shape index (κ1) is 39.2. The number of fused-ring (bicyclic) bond motifs is 1. The van der Waals surface area contributed by atoms with Gasteiger partial charge in [0.05, 0.1) is 16.7 Å². The zero-order valence-electron chi connectivity index (χ0n) is 30.1. The van der Waals surface area contributed by atoms with Crippen LogP contribution in [-0.2, 0) is 14.4 Å². The Hall–Kier alpha value is -5.59. The molecule has 1 aliphatic heterocycles. The van der Waals surface area contributed by atoms with E-state index in [9.17, 15) is 33.2 Å². The summed E-state index contributed by atoms with van der Waals surface area (Å²) in [7, 11) is 0. The fourth-order valence-corrected chi connectivity index (χ4v) is 6.44. The Morgan fingerprint density at radius 1 is 0.904 bits per heavy atom. The number of carbonyl (C=O) groups is 6. The number of hydrogen-bond acceptors (Lipinski definition) is 7. The van der Waals surface area contributed by atoms with E-state index in [1.54, 1.807) is 25.1 Å². The zero-order chi connectivity index (χ0) is 37.8. The fourth-order valence-electron chi connectivity index (χ4n) is 6.44. The third-order valence-electron chi connectivity index (χ3n) is 9.27. The maximum absolute atomic E-state index is 13.9. The van der Waals surface area contributed by atoms with E-state index in [0.717, 1.165) is 66.7 Å². The lowest BCUT2D eigenvalue weighted by atomic mass is 10.0. The average molecular weight is 715 g/mol. The van der Waals surface area contributed by atoms with Crippen LogP contribution in [-0.4, -0.2) is 65.5 Å². The predicted octanol–water partition coefficient (Wildman–Crippen LogP) is 6.12. The number of benzene rings is 2. The van der Waals surface area contributed by atoms with Crippen molar-refractivity contribution in [3.8, 4) is 0 Å². The van der Waals surface area contributed by atoms with E-state index >= 15 is 0 Å². The van der Waals surface area contributed by atoms with Crippen LogP contribution in [0.2, 0.25) is 0 Å². The number of allylic oxidation sites excluding steroid dienone is 1. The number of carbonyl (C=O) groups excluding carboxylic acids is 6. The van der Waals surface area contributed by atoms with Gasteiger partial charge in [0.2, 0.25) is 18.7 Å². The van der Waals surface area contributed by atoms with E-state index in [-0.39, 0.29) is 30.6 Å². The van der Waals surface area contributed by atoms with Crippen molar-refractivity contribution in [1.29, 1.82) is 0 Å². The molecule has 52 heavy (non-hydrogen) atoms. The number of imide groups is 2. The molecule has 6 amide bonds. The summed E-state index contributed by atoms with van der Waals surface area (Å²) in [5.41, 5.74) is 6.06. The summed E-state index contributed by atoms with van der Waals surface area (Å²) in [5, 5.41) is 11.0. The molecule has 2 aromatic carbocycles. The SMILES string of the molecule is C/C(=C\c1[nH]c(C)c(C(=O)NCCCCCCCCNc2ccc3c(c2)C(=O)N(C(C)CCC(=O)NC=O)C3=O)c1C)c1cc(F)ccc1NC=O. The number of rotatable bonds is 20. The van der Waals surface area contributed by atoms with E-state index in [2.05, 4.69) is 26.3 Å². The molecule has 1 aliphatic rings. The Kier molecular flexibility index (Phi) is 14.0. The predicted molar refractivity (Wildman–Crippen MR) is 198 cm³/mol. The fraction of sp³-hybridized carbons (Fsp3) is 0.385. The number of nitrogens with zero attached hydrogens (tertiary/aromatic N) is 1. The topological polar surface area (TPSA) is 170 Å². The molecule has 3 aromatic rings. The van der Waals surface area contributed by atoms with Crippen LogP contribution in [0, 0.1) is 19.7 Å². The lowest BCUT2D eigenvalue weighted by Gasteiger charge is -2.22. The number of unbranched alkanes of at least 4 members (excludes halogenated alkanes) is 5. The van der Waals surface area contributed by atoms with Crippen molar-refractivity contribution < 1.29 is 33.2 Å². The minimum atomic E-state index is -0.491. The third-order valence-corrected chi connectivity index (χ3v) is 9.27. The quantitative estimate of drug-likeness (QED) is 0.0534. The number of hydrogen-bond donors (Lipinski definition) is 5. The molecule has 1 atom stereocenters. The van der Waals surface area contributed by atoms with Crippen LogP contribution in [0.15, 0.2) is 36.4 Å². The minimum Gasteiger partial charge on any atom is -0.385 e. The van der Waals surface area contributed by atoms with Crippen LogP contribution in [0.25, 0.3) is 11.6 Å². The summed E-state index contributed by atoms with van der Waals surface area (Å²) in [6.45, 7) is 8.51. The maximum atomic E-state index is 13.9. The highest BCUT2D eigenvalue weighted by atomic mass is 19.1. The van der Waals surface area contributed by atoms with Gasteiger partial charge in [-0.05, 0) is 101 Å². The largest absolute Gasteiger partial charge is 0.385 e. The Labute approximate surface area is 303 Å². The number of aromatic nitrogens is 1. The molecule has 1 unspecified atom stereocenters. The number of H-pyrrole nitrogens is 1. The molecule has 0 saturated heterocycles. The second kappa shape index (κ2) is 18.6. The van der Waals surface area contributed by atoms with Crippen molar-refractivity contribution in [2.75, 3.05) is 23.7 Å². The van der Waals surface area contributed by atoms with Crippen LogP contribution in [0.1, 0.15) is 119 Å². The van der Waals surface area contributed by atoms with Gasteiger partial charge < -0.3 is 20.9 Å². The molecule has 4 rings (SSSR count). The Bertz CT molecular complexity index is 1850. The van der Waals surface area contributed by atoms with E-state index < -0.39 is 17.8 Å². The highest BCUT2D eigenvalue weighted by molar-refractivity contribution is 6.22. The number of halogens is 1. The summed E-state index contributed by atoms with van der Waals surface area (Å²) < 4.78 is 13.9. The van der Waals surface area contributed by atoms with Gasteiger partial charge in [-0.2, -0.15) is 0 Å². The molecule has 276 valence electrons. The molecule has 0 fully saturated rings. The van der Waals surface area contributed by atoms with Gasteiger partial charge in [0.25, 0.3) is 17.7 Å². The first-order valence-corrected chi connectivity index (χ1v) is 17.6. The third kappa shape index (κ3) is 9.80. The molecule has 5 N–H and O–H groups in total. The van der Waals surface area contributed by atoms with E-state index in [1.165, 1.54) is 23.1 Å². The summed E-state index contributed by atoms with van der Waals surface area (Å²) in [6, 6.07) is 8.80. The number of aromatic amines is 1. The average Bonchev–Trinajstić information content (AvgIpc) is 3.54. The smallest absolute Gasteiger partial charge is 0.261 e. The highest BCUT2D eigenvalue weighted by Crippen LogP contribution is 2.30. The second-order valence-electron chi connectivity index (χ2n) is 13.1. The molecule has 2 heterocycles. The molecular formula is C39H47FN6O6. The lowest BCUT2D eigenvalue weighted by Crippen LogP contribution is -2.38. The number of anilines is 2. The Balaban J connectivity index is 1.14. The van der Waals surface area contributed by atoms with Crippen molar-refractivity contribution in [2.45, 2.75) is 85.1 Å². The van der Waals surface area contributed by atoms with Crippen LogP contribution in [0.5, 0.6) is 0 Å². The van der Waals surface area contributed by atoms with E-state index in [1.807, 2.05) is 26.8 Å². The van der Waals surface area contributed by atoms with Crippen LogP contribution >= 0.6 is 0 Å². The van der Waals surface area contributed by atoms with E-state index in [0.29, 0.717) is 53.9 Å². The second-order valence-corrected chi connectivity index (χ2v) is 13.1. The summed E-state index contributed by atoms with van der Waals surface area (Å²) in [5.74, 6) is -1.80. The molecular weight excluding hydrogens is 667 g/mol. The standard InChI is InChI=1S/C39H47FN6O6/c1-24(31-20-28(40)12-15-33(31)43-22-47)19-34-26(3)36(27(4)45-34)37(50)42-18-10-8-6-5-7-9-17-41-29-13-14-30-32(21-29)39(52)46(38(30)51)25(2)11-16-35(49)44-23-48/h12-15,19-23,25,41,45H,5-11,16-18H2,1-4H3,(H,42,50)(H,43,47)(H,44,48,49)/b24-19+. The molecule has 0 spiro atoms. The zero-order valence-corrected chi connectivity index (χ0v) is 30.1. The van der Waals surface area contributed by atoms with Crippen LogP contribution < -0.4 is 21.3 Å². The molecule has 12 nitrogen and oxygen atoms in total. The van der Waals surface area contributed by atoms with Crippen LogP contribution in [0.4, 0.5) is 15.8 Å². The summed E-state index contributed by atoms with van der Waals surface area (Å²) in [6.07, 6.45) is 8.85. The van der Waals surface area contributed by atoms with Crippen molar-refractivity contribution in [2.24, 2.45) is 0 Å². The van der Waals surface area contributed by atoms with Crippen molar-refractivity contribution in [3.63, 3.8) is 0 Å². The van der Waals surface area contributed by atoms with E-state index in [4.69, 9.17) is 0 Å². The van der Waals surface area contributed by atoms with Gasteiger partial charge in [-0.3, -0.25) is 39.0 Å². The van der Waals surface area contributed by atoms with Gasteiger partial charge in [-0.1, -0.05) is 25.7 Å². The normalized spacial score (nSPS) is 13.1. The maximum Gasteiger partial charge on any atom is 0.261 e. The Morgan fingerprint density at radius 3 is 2.31 bits per heavy atom. The molecule has 0 radical (unpaired) electrons. The number of aryl methyl sites for hydroxylation is 1. The Morgan fingerprint density at radius 2 is 1.60 bits per heavy atom. The van der Waals surface area contributed by atoms with Gasteiger partial charge >= 0.3 is 0 Å². The number of amides is 6. The molecule has 0 bridgehead atoms. The van der Waals surface area contributed by atoms with Gasteiger partial charge in [-0.15, -0.1) is 0 Å². The molecule has 0 saturated carbocycles. The molecule has 13 heteroatoms. The van der Waals surface area contributed by atoms with Gasteiger partial charge in [0, 0.05) is 53.9 Å². The van der Waals surface area contributed by atoms with Gasteiger partial charge in [0.15, 0.2) is 0 Å². The van der Waals surface area contributed by atoms with Crippen LogP contribution in [0.3, 0.4) is 0 Å². The molecule has 0 aliphatic carbocycles. The first-order chi connectivity index (χ1) is 25.0. The first-order valence-electron chi connectivity index (χ1n) is 17.6. The summed E-state index contributed by atoms with van der Waals surface area (Å²) in [4.78, 5) is 76.4. The highest BCUT2D eigenvalue weighted by Gasteiger charge is 2.38.